The molecule has 0 aromatic carbocycles. The van der Waals surface area contributed by atoms with E-state index in [9.17, 15) is 9.59 Å². The molecule has 0 bridgehead atoms. The van der Waals surface area contributed by atoms with Gasteiger partial charge in [0.25, 0.3) is 0 Å². The van der Waals surface area contributed by atoms with Gasteiger partial charge in [0.15, 0.2) is 0 Å². The normalized spacial score (nSPS) is 28.8. The summed E-state index contributed by atoms with van der Waals surface area (Å²) in [7, 11) is 0. The highest BCUT2D eigenvalue weighted by Crippen LogP contribution is 2.30. The van der Waals surface area contributed by atoms with Crippen LogP contribution >= 0.6 is 0 Å². The van der Waals surface area contributed by atoms with Gasteiger partial charge in [-0.25, -0.2) is 9.59 Å². The molecule has 0 aromatic heterocycles. The molecule has 0 atom stereocenters. The number of hydrogen-bond acceptors (Lipinski definition) is 4. The maximum absolute atomic E-state index is 12.0. The van der Waals surface area contributed by atoms with Crippen LogP contribution in [0.3, 0.4) is 0 Å². The van der Waals surface area contributed by atoms with Gasteiger partial charge in [-0.2, -0.15) is 0 Å². The Morgan fingerprint density at radius 2 is 1.15 bits per heavy atom. The predicted octanol–water partition coefficient (Wildman–Crippen LogP) is 5.74. The summed E-state index contributed by atoms with van der Waals surface area (Å²) in [5.74, 6) is 0.732. The van der Waals surface area contributed by atoms with E-state index in [2.05, 4.69) is 13.8 Å². The van der Waals surface area contributed by atoms with E-state index in [0.29, 0.717) is 0 Å². The summed E-state index contributed by atoms with van der Waals surface area (Å²) in [5.41, 5.74) is 0. The van der Waals surface area contributed by atoms with Crippen LogP contribution in [0, 0.1) is 11.8 Å². The molecule has 0 aromatic rings. The fraction of sp³-hybridized carbons (Fsp3) is 0.826. The number of ether oxygens (including phenoxy) is 2. The summed E-state index contributed by atoms with van der Waals surface area (Å²) in [5, 5.41) is 0. The van der Waals surface area contributed by atoms with E-state index in [0.717, 1.165) is 63.2 Å². The van der Waals surface area contributed by atoms with Crippen molar-refractivity contribution in [2.75, 3.05) is 0 Å². The smallest absolute Gasteiger partial charge is 0.331 e. The van der Waals surface area contributed by atoms with E-state index >= 15 is 0 Å². The van der Waals surface area contributed by atoms with Crippen molar-refractivity contribution in [2.24, 2.45) is 11.8 Å². The maximum Gasteiger partial charge on any atom is 0.331 e. The number of rotatable bonds is 9. The SMILES string of the molecule is CCCCC1CCC(OC(=O)C=CC(=O)OC2CCC(CCC)CC2)CC1. The molecular formula is C23H38O4. The monoisotopic (exact) mass is 378 g/mol. The molecule has 0 heterocycles. The lowest BCUT2D eigenvalue weighted by atomic mass is 9.84. The Kier molecular flexibility index (Phi) is 9.93. The van der Waals surface area contributed by atoms with E-state index in [1.165, 1.54) is 44.3 Å². The van der Waals surface area contributed by atoms with Crippen molar-refractivity contribution in [1.29, 1.82) is 0 Å². The Balaban J connectivity index is 1.61. The van der Waals surface area contributed by atoms with Crippen molar-refractivity contribution in [3.05, 3.63) is 12.2 Å². The van der Waals surface area contributed by atoms with Crippen molar-refractivity contribution >= 4 is 11.9 Å². The van der Waals surface area contributed by atoms with Crippen LogP contribution in [0.1, 0.15) is 97.3 Å². The zero-order valence-electron chi connectivity index (χ0n) is 17.3. The van der Waals surface area contributed by atoms with Gasteiger partial charge in [0, 0.05) is 12.2 Å². The number of hydrogen-bond donors (Lipinski definition) is 0. The molecule has 0 N–H and O–H groups in total. The molecule has 0 saturated heterocycles. The predicted molar refractivity (Wildman–Crippen MR) is 107 cm³/mol. The first-order valence-corrected chi connectivity index (χ1v) is 11.2. The molecule has 0 radical (unpaired) electrons. The van der Waals surface area contributed by atoms with Crippen LogP contribution in [-0.2, 0) is 19.1 Å². The Labute approximate surface area is 165 Å². The average molecular weight is 379 g/mol. The maximum atomic E-state index is 12.0. The van der Waals surface area contributed by atoms with Crippen molar-refractivity contribution in [3.8, 4) is 0 Å². The third kappa shape index (κ3) is 8.49. The second-order valence-electron chi connectivity index (χ2n) is 8.42. The summed E-state index contributed by atoms with van der Waals surface area (Å²) >= 11 is 0. The van der Waals surface area contributed by atoms with E-state index < -0.39 is 11.9 Å². The topological polar surface area (TPSA) is 52.6 Å². The number of esters is 2. The van der Waals surface area contributed by atoms with Gasteiger partial charge in [-0.05, 0) is 63.2 Å². The molecule has 2 saturated carbocycles. The summed E-state index contributed by atoms with van der Waals surface area (Å²) < 4.78 is 11.0. The molecule has 4 nitrogen and oxygen atoms in total. The van der Waals surface area contributed by atoms with Crippen LogP contribution in [0.5, 0.6) is 0 Å². The summed E-state index contributed by atoms with van der Waals surface area (Å²) in [6.45, 7) is 4.44. The number of carbonyl (C=O) groups excluding carboxylic acids is 2. The second-order valence-corrected chi connectivity index (χ2v) is 8.42. The highest BCUT2D eigenvalue weighted by atomic mass is 16.5. The van der Waals surface area contributed by atoms with Crippen LogP contribution in [0.4, 0.5) is 0 Å². The van der Waals surface area contributed by atoms with Gasteiger partial charge < -0.3 is 9.47 Å². The van der Waals surface area contributed by atoms with Crippen molar-refractivity contribution in [1.82, 2.24) is 0 Å². The minimum atomic E-state index is -0.422. The minimum absolute atomic E-state index is 0.00433. The highest BCUT2D eigenvalue weighted by Gasteiger charge is 2.24. The van der Waals surface area contributed by atoms with Crippen LogP contribution < -0.4 is 0 Å². The third-order valence-corrected chi connectivity index (χ3v) is 6.17. The second kappa shape index (κ2) is 12.2. The lowest BCUT2D eigenvalue weighted by Crippen LogP contribution is -2.25. The molecular weight excluding hydrogens is 340 g/mol. The summed E-state index contributed by atoms with van der Waals surface area (Å²) in [6.07, 6.45) is 17.1. The Morgan fingerprint density at radius 3 is 1.56 bits per heavy atom. The van der Waals surface area contributed by atoms with Crippen molar-refractivity contribution in [2.45, 2.75) is 110 Å². The zero-order chi connectivity index (χ0) is 19.5. The Hall–Kier alpha value is -1.32. The molecule has 2 rings (SSSR count). The van der Waals surface area contributed by atoms with Gasteiger partial charge >= 0.3 is 11.9 Å². The first kappa shape index (κ1) is 22.0. The van der Waals surface area contributed by atoms with Gasteiger partial charge in [-0.3, -0.25) is 0 Å². The standard InChI is InChI=1S/C23H38O4/c1-3-5-7-19-10-14-21(15-11-19)27-23(25)17-16-22(24)26-20-12-8-18(6-4-2)9-13-20/h16-21H,3-15H2,1-2H3. The third-order valence-electron chi connectivity index (χ3n) is 6.17. The van der Waals surface area contributed by atoms with Crippen LogP contribution in [0.2, 0.25) is 0 Å². The number of unbranched alkanes of at least 4 members (excludes halogenated alkanes) is 1. The van der Waals surface area contributed by atoms with E-state index in [-0.39, 0.29) is 12.2 Å². The molecule has 2 aliphatic carbocycles. The van der Waals surface area contributed by atoms with Crippen molar-refractivity contribution in [3.63, 3.8) is 0 Å². The average Bonchev–Trinajstić information content (AvgIpc) is 2.68. The molecule has 4 heteroatoms. The lowest BCUT2D eigenvalue weighted by molar-refractivity contribution is -0.147. The van der Waals surface area contributed by atoms with Crippen LogP contribution in [0.15, 0.2) is 12.2 Å². The van der Waals surface area contributed by atoms with Gasteiger partial charge in [0.1, 0.15) is 12.2 Å². The van der Waals surface area contributed by atoms with E-state index in [1.54, 1.807) is 0 Å². The molecule has 2 aliphatic rings. The lowest BCUT2D eigenvalue weighted by Gasteiger charge is -2.28. The first-order valence-electron chi connectivity index (χ1n) is 11.2. The van der Waals surface area contributed by atoms with E-state index in [4.69, 9.17) is 9.47 Å². The molecule has 154 valence electrons. The number of carbonyl (C=O) groups is 2. The fourth-order valence-electron chi connectivity index (χ4n) is 4.52. The van der Waals surface area contributed by atoms with Crippen LogP contribution in [0.25, 0.3) is 0 Å². The first-order chi connectivity index (χ1) is 13.1. The van der Waals surface area contributed by atoms with E-state index in [1.807, 2.05) is 0 Å². The van der Waals surface area contributed by atoms with Gasteiger partial charge in [-0.1, -0.05) is 46.0 Å². The van der Waals surface area contributed by atoms with Gasteiger partial charge in [0.05, 0.1) is 0 Å². The minimum Gasteiger partial charge on any atom is -0.459 e. The van der Waals surface area contributed by atoms with Gasteiger partial charge in [0.2, 0.25) is 0 Å². The molecule has 0 spiro atoms. The molecule has 0 unspecified atom stereocenters. The quantitative estimate of drug-likeness (QED) is 0.379. The summed E-state index contributed by atoms with van der Waals surface area (Å²) in [6, 6.07) is 0. The zero-order valence-corrected chi connectivity index (χ0v) is 17.3. The molecule has 0 amide bonds. The molecule has 0 aliphatic heterocycles. The fourth-order valence-corrected chi connectivity index (χ4v) is 4.52. The Morgan fingerprint density at radius 1 is 0.704 bits per heavy atom. The Bertz CT molecular complexity index is 469. The summed E-state index contributed by atoms with van der Waals surface area (Å²) in [4.78, 5) is 23.9. The largest absolute Gasteiger partial charge is 0.459 e. The molecule has 2 fully saturated rings. The highest BCUT2D eigenvalue weighted by molar-refractivity contribution is 5.91. The van der Waals surface area contributed by atoms with Gasteiger partial charge in [-0.15, -0.1) is 0 Å². The van der Waals surface area contributed by atoms with Crippen LogP contribution in [-0.4, -0.2) is 24.1 Å². The van der Waals surface area contributed by atoms with Crippen molar-refractivity contribution < 1.29 is 19.1 Å². The molecule has 27 heavy (non-hydrogen) atoms.